The second-order valence-corrected chi connectivity index (χ2v) is 9.51. The molecular formula is C23H16ClN5O2S2. The highest BCUT2D eigenvalue weighted by atomic mass is 35.5. The smallest absolute Gasteiger partial charge is 0.258 e. The summed E-state index contributed by atoms with van der Waals surface area (Å²) in [4.78, 5) is 24.9. The summed E-state index contributed by atoms with van der Waals surface area (Å²) in [7, 11) is 0. The Morgan fingerprint density at radius 1 is 1.12 bits per heavy atom. The van der Waals surface area contributed by atoms with Gasteiger partial charge in [-0.15, -0.1) is 10.2 Å². The summed E-state index contributed by atoms with van der Waals surface area (Å²) >= 11 is 8.95. The third-order valence-electron chi connectivity index (χ3n) is 4.62. The van der Waals surface area contributed by atoms with Crippen LogP contribution in [-0.4, -0.2) is 20.7 Å². The summed E-state index contributed by atoms with van der Waals surface area (Å²) in [5.74, 6) is 0.282. The van der Waals surface area contributed by atoms with Crippen molar-refractivity contribution in [1.82, 2.24) is 14.8 Å². The average Bonchev–Trinajstić information content (AvgIpc) is 3.28. The fourth-order valence-electron chi connectivity index (χ4n) is 2.91. The van der Waals surface area contributed by atoms with E-state index in [0.29, 0.717) is 31.4 Å². The van der Waals surface area contributed by atoms with Gasteiger partial charge in [0.15, 0.2) is 4.34 Å². The number of halogens is 1. The van der Waals surface area contributed by atoms with Crippen molar-refractivity contribution in [3.63, 3.8) is 0 Å². The van der Waals surface area contributed by atoms with Crippen molar-refractivity contribution < 1.29 is 4.79 Å². The van der Waals surface area contributed by atoms with Crippen LogP contribution in [0.2, 0.25) is 5.02 Å². The molecule has 2 aromatic carbocycles. The molecule has 0 fully saturated rings. The predicted molar refractivity (Wildman–Crippen MR) is 130 cm³/mol. The molecule has 0 aliphatic carbocycles. The second-order valence-electron chi connectivity index (χ2n) is 6.90. The third-order valence-corrected chi connectivity index (χ3v) is 7.03. The van der Waals surface area contributed by atoms with Gasteiger partial charge >= 0.3 is 0 Å². The first-order chi connectivity index (χ1) is 16.0. The molecule has 0 unspecified atom stereocenters. The molecule has 0 radical (unpaired) electrons. The number of thioether (sulfide) groups is 1. The maximum Gasteiger partial charge on any atom is 0.258 e. The molecule has 1 N–H and O–H groups in total. The Morgan fingerprint density at radius 3 is 2.67 bits per heavy atom. The summed E-state index contributed by atoms with van der Waals surface area (Å²) in [6.07, 6.45) is 1.50. The number of amides is 1. The lowest BCUT2D eigenvalue weighted by Gasteiger charge is -2.09. The molecule has 0 saturated heterocycles. The van der Waals surface area contributed by atoms with Gasteiger partial charge in [-0.05, 0) is 35.4 Å². The summed E-state index contributed by atoms with van der Waals surface area (Å²) in [6.45, 7) is 0.259. The van der Waals surface area contributed by atoms with Crippen LogP contribution in [0.25, 0.3) is 0 Å². The van der Waals surface area contributed by atoms with E-state index in [0.717, 1.165) is 11.1 Å². The molecule has 33 heavy (non-hydrogen) atoms. The molecule has 0 spiro atoms. The highest BCUT2D eigenvalue weighted by Gasteiger charge is 2.13. The Bertz CT molecular complexity index is 1390. The SMILES string of the molecule is N#Cc1ccc(CSc2nnc(NC(=O)c3ccc(=O)n(Cc4ccccc4Cl)c3)s2)cc1. The number of anilines is 1. The quantitative estimate of drug-likeness (QED) is 0.292. The van der Waals surface area contributed by atoms with Crippen LogP contribution >= 0.6 is 34.7 Å². The Kier molecular flexibility index (Phi) is 7.19. The van der Waals surface area contributed by atoms with Gasteiger partial charge in [0.25, 0.3) is 11.5 Å². The first-order valence-corrected chi connectivity index (χ1v) is 11.9. The lowest BCUT2D eigenvalue weighted by atomic mass is 10.2. The highest BCUT2D eigenvalue weighted by molar-refractivity contribution is 8.00. The van der Waals surface area contributed by atoms with Crippen LogP contribution in [0, 0.1) is 11.3 Å². The van der Waals surface area contributed by atoms with E-state index in [-0.39, 0.29) is 18.0 Å². The lowest BCUT2D eigenvalue weighted by molar-refractivity contribution is 0.102. The van der Waals surface area contributed by atoms with Gasteiger partial charge in [-0.1, -0.05) is 65.0 Å². The molecule has 0 aliphatic heterocycles. The van der Waals surface area contributed by atoms with Crippen molar-refractivity contribution in [3.8, 4) is 6.07 Å². The normalized spacial score (nSPS) is 10.5. The number of nitrogens with zero attached hydrogens (tertiary/aromatic N) is 4. The lowest BCUT2D eigenvalue weighted by Crippen LogP contribution is -2.22. The van der Waals surface area contributed by atoms with Gasteiger partial charge in [0.05, 0.1) is 23.7 Å². The molecule has 4 rings (SSSR count). The molecule has 0 bridgehead atoms. The number of benzene rings is 2. The van der Waals surface area contributed by atoms with E-state index in [9.17, 15) is 9.59 Å². The van der Waals surface area contributed by atoms with Crippen molar-refractivity contribution >= 4 is 45.7 Å². The zero-order chi connectivity index (χ0) is 23.2. The minimum Gasteiger partial charge on any atom is -0.310 e. The standard InChI is InChI=1S/C23H16ClN5O2S2/c24-19-4-2-1-3-17(19)12-29-13-18(9-10-20(29)30)21(31)26-22-27-28-23(33-22)32-14-16-7-5-15(11-25)6-8-16/h1-10,13H,12,14H2,(H,26,27,31). The van der Waals surface area contributed by atoms with Crippen molar-refractivity contribution in [2.24, 2.45) is 0 Å². The van der Waals surface area contributed by atoms with E-state index in [1.54, 1.807) is 18.2 Å². The number of rotatable bonds is 7. The van der Waals surface area contributed by atoms with Crippen LogP contribution in [-0.2, 0) is 12.3 Å². The van der Waals surface area contributed by atoms with Crippen LogP contribution in [0.5, 0.6) is 0 Å². The first-order valence-electron chi connectivity index (χ1n) is 9.72. The highest BCUT2D eigenvalue weighted by Crippen LogP contribution is 2.28. The van der Waals surface area contributed by atoms with Crippen molar-refractivity contribution in [3.05, 3.63) is 104 Å². The topological polar surface area (TPSA) is 101 Å². The monoisotopic (exact) mass is 493 g/mol. The molecule has 164 valence electrons. The Hall–Kier alpha value is -3.45. The van der Waals surface area contributed by atoms with E-state index >= 15 is 0 Å². The number of hydrogen-bond acceptors (Lipinski definition) is 7. The zero-order valence-electron chi connectivity index (χ0n) is 17.1. The summed E-state index contributed by atoms with van der Waals surface area (Å²) in [5.41, 5.74) is 2.54. The number of pyridine rings is 1. The first kappa shape index (κ1) is 22.7. The van der Waals surface area contributed by atoms with Crippen LogP contribution in [0.4, 0.5) is 5.13 Å². The van der Waals surface area contributed by atoms with E-state index < -0.39 is 0 Å². The molecule has 0 atom stereocenters. The molecule has 4 aromatic rings. The molecule has 7 nitrogen and oxygen atoms in total. The molecular weight excluding hydrogens is 478 g/mol. The fourth-order valence-corrected chi connectivity index (χ4v) is 4.81. The molecule has 1 amide bonds. The summed E-state index contributed by atoms with van der Waals surface area (Å²) in [6, 6.07) is 19.5. The van der Waals surface area contributed by atoms with E-state index in [1.807, 2.05) is 30.3 Å². The summed E-state index contributed by atoms with van der Waals surface area (Å²) in [5, 5.41) is 20.7. The van der Waals surface area contributed by atoms with E-state index in [1.165, 1.54) is 46.0 Å². The second kappa shape index (κ2) is 10.4. The van der Waals surface area contributed by atoms with Gasteiger partial charge in [-0.2, -0.15) is 5.26 Å². The maximum atomic E-state index is 12.7. The van der Waals surface area contributed by atoms with Crippen LogP contribution in [0.15, 0.2) is 76.0 Å². The minimum absolute atomic E-state index is 0.233. The summed E-state index contributed by atoms with van der Waals surface area (Å²) < 4.78 is 2.15. The molecule has 10 heteroatoms. The van der Waals surface area contributed by atoms with Crippen LogP contribution < -0.4 is 10.9 Å². The fraction of sp³-hybridized carbons (Fsp3) is 0.0870. The number of carbonyl (C=O) groups is 1. The number of nitrogens with one attached hydrogen (secondary N) is 1. The van der Waals surface area contributed by atoms with E-state index in [2.05, 4.69) is 21.6 Å². The Morgan fingerprint density at radius 2 is 1.91 bits per heavy atom. The number of carbonyl (C=O) groups excluding carboxylic acids is 1. The maximum absolute atomic E-state index is 12.7. The molecule has 0 aliphatic rings. The predicted octanol–water partition coefficient (Wildman–Crippen LogP) is 4.82. The van der Waals surface area contributed by atoms with Crippen molar-refractivity contribution in [2.45, 2.75) is 16.6 Å². The van der Waals surface area contributed by atoms with Crippen LogP contribution in [0.3, 0.4) is 0 Å². The number of aromatic nitrogens is 3. The average molecular weight is 494 g/mol. The van der Waals surface area contributed by atoms with Gasteiger partial charge in [-0.3, -0.25) is 14.9 Å². The molecule has 0 saturated carbocycles. The minimum atomic E-state index is -0.386. The zero-order valence-corrected chi connectivity index (χ0v) is 19.5. The van der Waals surface area contributed by atoms with Crippen molar-refractivity contribution in [1.29, 1.82) is 5.26 Å². The number of nitriles is 1. The third kappa shape index (κ3) is 5.87. The number of hydrogen-bond donors (Lipinski definition) is 1. The van der Waals surface area contributed by atoms with Gasteiger partial charge in [0, 0.05) is 23.0 Å². The van der Waals surface area contributed by atoms with Crippen LogP contribution in [0.1, 0.15) is 27.0 Å². The van der Waals surface area contributed by atoms with Gasteiger partial charge in [0.1, 0.15) is 0 Å². The van der Waals surface area contributed by atoms with Crippen molar-refractivity contribution in [2.75, 3.05) is 5.32 Å². The van der Waals surface area contributed by atoms with Gasteiger partial charge in [-0.25, -0.2) is 0 Å². The molecule has 2 aromatic heterocycles. The van der Waals surface area contributed by atoms with Gasteiger partial charge in [0.2, 0.25) is 5.13 Å². The molecule has 2 heterocycles. The largest absolute Gasteiger partial charge is 0.310 e. The van der Waals surface area contributed by atoms with Gasteiger partial charge < -0.3 is 4.57 Å². The van der Waals surface area contributed by atoms with E-state index in [4.69, 9.17) is 16.9 Å². The Balaban J connectivity index is 1.40. The Labute approximate surface area is 202 Å².